The third kappa shape index (κ3) is 5.97. The van der Waals surface area contributed by atoms with Crippen LogP contribution in [0.5, 0.6) is 17.2 Å². The van der Waals surface area contributed by atoms with E-state index >= 15 is 0 Å². The zero-order chi connectivity index (χ0) is 24.8. The van der Waals surface area contributed by atoms with Crippen LogP contribution in [-0.2, 0) is 9.59 Å². The van der Waals surface area contributed by atoms with E-state index in [1.165, 1.54) is 16.7 Å². The van der Waals surface area contributed by atoms with Crippen LogP contribution in [-0.4, -0.2) is 53.9 Å². The number of thiocarbonyl (C=S) groups is 1. The Balaban J connectivity index is 1.49. The highest BCUT2D eigenvalue weighted by Crippen LogP contribution is 2.37. The molecular weight excluding hydrogens is 484 g/mol. The summed E-state index contributed by atoms with van der Waals surface area (Å²) in [5, 5.41) is 0. The molecule has 0 N–H and O–H groups in total. The highest BCUT2D eigenvalue weighted by molar-refractivity contribution is 8.27. The van der Waals surface area contributed by atoms with Crippen LogP contribution >= 0.6 is 24.0 Å². The second kappa shape index (κ2) is 11.6. The zero-order valence-corrected chi connectivity index (χ0v) is 21.5. The van der Waals surface area contributed by atoms with E-state index in [4.69, 9.17) is 26.4 Å². The van der Waals surface area contributed by atoms with Crippen molar-refractivity contribution in [3.05, 3.63) is 52.9 Å². The molecule has 7 nitrogen and oxygen atoms in total. The number of anilines is 1. The Morgan fingerprint density at radius 2 is 1.71 bits per heavy atom. The lowest BCUT2D eigenvalue weighted by Crippen LogP contribution is -2.32. The fourth-order valence-corrected chi connectivity index (χ4v) is 5.20. The molecule has 0 saturated carbocycles. The van der Waals surface area contributed by atoms with Gasteiger partial charge in [-0.3, -0.25) is 14.5 Å². The molecule has 0 aliphatic carbocycles. The second-order valence-electron chi connectivity index (χ2n) is 7.96. The van der Waals surface area contributed by atoms with Gasteiger partial charge in [0.2, 0.25) is 0 Å². The summed E-state index contributed by atoms with van der Waals surface area (Å²) in [7, 11) is 0. The first-order chi connectivity index (χ1) is 17.0. The molecule has 2 amide bonds. The summed E-state index contributed by atoms with van der Waals surface area (Å²) >= 11 is 6.74. The molecule has 0 aromatic heterocycles. The highest BCUT2D eigenvalue weighted by atomic mass is 32.2. The summed E-state index contributed by atoms with van der Waals surface area (Å²) < 4.78 is 17.5. The van der Waals surface area contributed by atoms with E-state index in [2.05, 4.69) is 0 Å². The molecule has 4 rings (SSSR count). The number of benzene rings is 2. The first kappa shape index (κ1) is 25.1. The molecule has 2 aromatic rings. The van der Waals surface area contributed by atoms with Crippen molar-refractivity contribution in [3.63, 3.8) is 0 Å². The molecule has 9 heteroatoms. The second-order valence-corrected chi connectivity index (χ2v) is 9.64. The van der Waals surface area contributed by atoms with Crippen molar-refractivity contribution in [2.45, 2.75) is 26.7 Å². The number of nitrogens with zero attached hydrogens (tertiary/aromatic N) is 2. The quantitative estimate of drug-likeness (QED) is 0.350. The molecule has 2 saturated heterocycles. The molecule has 2 fully saturated rings. The van der Waals surface area contributed by atoms with E-state index in [0.29, 0.717) is 39.6 Å². The third-order valence-electron chi connectivity index (χ3n) is 5.57. The van der Waals surface area contributed by atoms with E-state index < -0.39 is 0 Å². The number of hydrogen-bond donors (Lipinski definition) is 0. The Morgan fingerprint density at radius 1 is 1.00 bits per heavy atom. The lowest BCUT2D eigenvalue weighted by Gasteiger charge is -2.17. The number of amides is 2. The van der Waals surface area contributed by atoms with Crippen LogP contribution in [0.1, 0.15) is 32.3 Å². The molecule has 0 bridgehead atoms. The van der Waals surface area contributed by atoms with Crippen LogP contribution in [0.2, 0.25) is 0 Å². The highest BCUT2D eigenvalue weighted by Gasteiger charge is 2.33. The van der Waals surface area contributed by atoms with Crippen LogP contribution in [0, 0.1) is 0 Å². The molecule has 184 valence electrons. The molecule has 2 heterocycles. The largest absolute Gasteiger partial charge is 0.494 e. The van der Waals surface area contributed by atoms with Gasteiger partial charge in [0.25, 0.3) is 11.8 Å². The van der Waals surface area contributed by atoms with Crippen molar-refractivity contribution in [1.29, 1.82) is 0 Å². The molecule has 2 aliphatic rings. The Labute approximate surface area is 215 Å². The summed E-state index contributed by atoms with van der Waals surface area (Å²) in [5.74, 6) is 1.56. The molecule has 0 spiro atoms. The minimum absolute atomic E-state index is 0.0213. The summed E-state index contributed by atoms with van der Waals surface area (Å²) in [6.45, 7) is 6.37. The van der Waals surface area contributed by atoms with Crippen LogP contribution in [0.3, 0.4) is 0 Å². The number of rotatable bonds is 9. The van der Waals surface area contributed by atoms with Gasteiger partial charge in [-0.05, 0) is 74.7 Å². The normalized spacial score (nSPS) is 16.8. The summed E-state index contributed by atoms with van der Waals surface area (Å²) in [6, 6.07) is 12.7. The molecule has 0 unspecified atom stereocenters. The predicted octanol–water partition coefficient (Wildman–Crippen LogP) is 4.89. The topological polar surface area (TPSA) is 68.3 Å². The molecule has 2 aliphatic heterocycles. The van der Waals surface area contributed by atoms with Gasteiger partial charge in [-0.1, -0.05) is 30.0 Å². The number of hydrogen-bond acceptors (Lipinski definition) is 7. The SMILES string of the molecule is CCOc1ccc(N2C(=O)/C(=C/c3ccc(OCC(=O)N4CCCC4)c(OCC)c3)SC2=S)cc1. The maximum Gasteiger partial charge on any atom is 0.270 e. The molecule has 0 atom stereocenters. The standard InChI is InChI=1S/C26H28N2O5S2/c1-3-31-20-10-8-19(9-11-20)28-25(30)23(35-26(28)34)16-18-7-12-21(22(15-18)32-4-2)33-17-24(29)27-13-5-6-14-27/h7-12,15-16H,3-6,13-14,17H2,1-2H3/b23-16-. The lowest BCUT2D eigenvalue weighted by atomic mass is 10.1. The Kier molecular flexibility index (Phi) is 8.30. The maximum absolute atomic E-state index is 13.1. The van der Waals surface area contributed by atoms with E-state index in [1.54, 1.807) is 12.1 Å². The predicted molar refractivity (Wildman–Crippen MR) is 142 cm³/mol. The van der Waals surface area contributed by atoms with E-state index in [0.717, 1.165) is 37.2 Å². The van der Waals surface area contributed by atoms with Crippen LogP contribution in [0.25, 0.3) is 6.08 Å². The van der Waals surface area contributed by atoms with Crippen LogP contribution in [0.15, 0.2) is 47.4 Å². The molecule has 2 aromatic carbocycles. The Bertz CT molecular complexity index is 1130. The van der Waals surface area contributed by atoms with Crippen LogP contribution < -0.4 is 19.1 Å². The lowest BCUT2D eigenvalue weighted by molar-refractivity contribution is -0.132. The first-order valence-electron chi connectivity index (χ1n) is 11.7. The van der Waals surface area contributed by atoms with Gasteiger partial charge in [0.1, 0.15) is 5.75 Å². The summed E-state index contributed by atoms with van der Waals surface area (Å²) in [5.41, 5.74) is 1.47. The van der Waals surface area contributed by atoms with Crippen molar-refractivity contribution in [2.24, 2.45) is 0 Å². The fraction of sp³-hybridized carbons (Fsp3) is 0.346. The molecule has 35 heavy (non-hydrogen) atoms. The van der Waals surface area contributed by atoms with Crippen molar-refractivity contribution in [1.82, 2.24) is 4.90 Å². The number of thioether (sulfide) groups is 1. The smallest absolute Gasteiger partial charge is 0.270 e. The van der Waals surface area contributed by atoms with Crippen molar-refractivity contribution in [2.75, 3.05) is 37.8 Å². The molecule has 0 radical (unpaired) electrons. The summed E-state index contributed by atoms with van der Waals surface area (Å²) in [4.78, 5) is 29.3. The number of likely N-dealkylation sites (tertiary alicyclic amines) is 1. The maximum atomic E-state index is 13.1. The van der Waals surface area contributed by atoms with Gasteiger partial charge in [-0.2, -0.15) is 0 Å². The average Bonchev–Trinajstić information content (AvgIpc) is 3.48. The number of ether oxygens (including phenoxy) is 3. The van der Waals surface area contributed by atoms with Gasteiger partial charge >= 0.3 is 0 Å². The van der Waals surface area contributed by atoms with E-state index in [1.807, 2.05) is 55.1 Å². The van der Waals surface area contributed by atoms with Crippen molar-refractivity contribution < 1.29 is 23.8 Å². The summed E-state index contributed by atoms with van der Waals surface area (Å²) in [6.07, 6.45) is 3.86. The minimum Gasteiger partial charge on any atom is -0.494 e. The Hall–Kier alpha value is -3.04. The van der Waals surface area contributed by atoms with Gasteiger partial charge in [0.05, 0.1) is 23.8 Å². The van der Waals surface area contributed by atoms with Crippen molar-refractivity contribution in [3.8, 4) is 17.2 Å². The number of carbonyl (C=O) groups is 2. The van der Waals surface area contributed by atoms with Crippen molar-refractivity contribution >= 4 is 51.9 Å². The van der Waals surface area contributed by atoms with Gasteiger partial charge in [-0.25, -0.2) is 0 Å². The van der Waals surface area contributed by atoms with Gasteiger partial charge in [0.15, 0.2) is 22.4 Å². The Morgan fingerprint density at radius 3 is 2.40 bits per heavy atom. The number of carbonyl (C=O) groups excluding carboxylic acids is 2. The average molecular weight is 513 g/mol. The van der Waals surface area contributed by atoms with E-state index in [9.17, 15) is 9.59 Å². The molecular formula is C26H28N2O5S2. The monoisotopic (exact) mass is 512 g/mol. The first-order valence-corrected chi connectivity index (χ1v) is 12.9. The van der Waals surface area contributed by atoms with Gasteiger partial charge < -0.3 is 19.1 Å². The third-order valence-corrected chi connectivity index (χ3v) is 6.88. The van der Waals surface area contributed by atoms with Gasteiger partial charge in [-0.15, -0.1) is 0 Å². The zero-order valence-electron chi connectivity index (χ0n) is 19.8. The van der Waals surface area contributed by atoms with Gasteiger partial charge in [0, 0.05) is 13.1 Å². The van der Waals surface area contributed by atoms with E-state index in [-0.39, 0.29) is 18.4 Å². The van der Waals surface area contributed by atoms with Crippen LogP contribution in [0.4, 0.5) is 5.69 Å². The fourth-order valence-electron chi connectivity index (χ4n) is 3.90. The minimum atomic E-state index is -0.182.